The molecule has 0 aliphatic heterocycles. The van der Waals surface area contributed by atoms with Crippen molar-refractivity contribution in [2.75, 3.05) is 5.32 Å². The third-order valence-electron chi connectivity index (χ3n) is 3.02. The third kappa shape index (κ3) is 4.03. The van der Waals surface area contributed by atoms with Gasteiger partial charge in [-0.2, -0.15) is 0 Å². The molecular weight excluding hydrogens is 302 g/mol. The van der Waals surface area contributed by atoms with Crippen molar-refractivity contribution in [3.8, 4) is 0 Å². The molecule has 0 amide bonds. The van der Waals surface area contributed by atoms with Crippen molar-refractivity contribution in [1.29, 1.82) is 0 Å². The summed E-state index contributed by atoms with van der Waals surface area (Å²) in [7, 11) is 0. The van der Waals surface area contributed by atoms with E-state index in [-0.39, 0.29) is 0 Å². The first-order valence-electron chi connectivity index (χ1n) is 6.64. The quantitative estimate of drug-likeness (QED) is 0.758. The predicted octanol–water partition coefficient (Wildman–Crippen LogP) is 4.39. The monoisotopic (exact) mass is 315 g/mol. The SMILES string of the molecule is Clc1ccc(Cc2nnc(NCc3ccccc3)s2)cc1. The highest BCUT2D eigenvalue weighted by molar-refractivity contribution is 7.15. The topological polar surface area (TPSA) is 37.8 Å². The van der Waals surface area contributed by atoms with Crippen molar-refractivity contribution in [2.24, 2.45) is 0 Å². The van der Waals surface area contributed by atoms with Crippen molar-refractivity contribution >= 4 is 28.1 Å². The van der Waals surface area contributed by atoms with Gasteiger partial charge < -0.3 is 5.32 Å². The van der Waals surface area contributed by atoms with Crippen LogP contribution in [0, 0.1) is 0 Å². The number of halogens is 1. The molecule has 1 N–H and O–H groups in total. The van der Waals surface area contributed by atoms with Gasteiger partial charge in [0.05, 0.1) is 0 Å². The summed E-state index contributed by atoms with van der Waals surface area (Å²) in [6, 6.07) is 18.1. The molecule has 0 unspecified atom stereocenters. The molecule has 0 radical (unpaired) electrons. The highest BCUT2D eigenvalue weighted by Crippen LogP contribution is 2.20. The zero-order chi connectivity index (χ0) is 14.5. The largest absolute Gasteiger partial charge is 0.356 e. The number of hydrogen-bond donors (Lipinski definition) is 1. The highest BCUT2D eigenvalue weighted by atomic mass is 35.5. The van der Waals surface area contributed by atoms with Crippen molar-refractivity contribution in [2.45, 2.75) is 13.0 Å². The van der Waals surface area contributed by atoms with Crippen molar-refractivity contribution in [3.05, 3.63) is 75.8 Å². The summed E-state index contributed by atoms with van der Waals surface area (Å²) < 4.78 is 0. The molecule has 0 aliphatic rings. The van der Waals surface area contributed by atoms with Crippen LogP contribution >= 0.6 is 22.9 Å². The Morgan fingerprint density at radius 2 is 1.67 bits per heavy atom. The molecule has 0 saturated carbocycles. The zero-order valence-electron chi connectivity index (χ0n) is 11.3. The van der Waals surface area contributed by atoms with E-state index in [1.54, 1.807) is 11.3 Å². The Balaban J connectivity index is 1.59. The van der Waals surface area contributed by atoms with Crippen LogP contribution in [0.15, 0.2) is 54.6 Å². The van der Waals surface area contributed by atoms with Crippen LogP contribution in [0.3, 0.4) is 0 Å². The van der Waals surface area contributed by atoms with Gasteiger partial charge in [-0.15, -0.1) is 10.2 Å². The normalized spacial score (nSPS) is 10.5. The van der Waals surface area contributed by atoms with Gasteiger partial charge in [-0.25, -0.2) is 0 Å². The number of hydrogen-bond acceptors (Lipinski definition) is 4. The van der Waals surface area contributed by atoms with Crippen molar-refractivity contribution < 1.29 is 0 Å². The molecule has 0 bridgehead atoms. The standard InChI is InChI=1S/C16H14ClN3S/c17-14-8-6-12(7-9-14)10-15-19-20-16(21-15)18-11-13-4-2-1-3-5-13/h1-9H,10-11H2,(H,18,20). The minimum absolute atomic E-state index is 0.751. The van der Waals surface area contributed by atoms with Crippen molar-refractivity contribution in [1.82, 2.24) is 10.2 Å². The molecule has 3 rings (SSSR count). The number of benzene rings is 2. The van der Waals surface area contributed by atoms with Gasteiger partial charge in [-0.3, -0.25) is 0 Å². The Hall–Kier alpha value is -1.91. The van der Waals surface area contributed by atoms with E-state index in [0.717, 1.165) is 28.1 Å². The van der Waals surface area contributed by atoms with E-state index < -0.39 is 0 Å². The summed E-state index contributed by atoms with van der Waals surface area (Å²) in [5.41, 5.74) is 2.41. The van der Waals surface area contributed by atoms with Gasteiger partial charge in [0, 0.05) is 18.0 Å². The van der Waals surface area contributed by atoms with Gasteiger partial charge in [0.25, 0.3) is 0 Å². The van der Waals surface area contributed by atoms with Crippen LogP contribution in [0.1, 0.15) is 16.1 Å². The molecule has 3 nitrogen and oxygen atoms in total. The lowest BCUT2D eigenvalue weighted by Gasteiger charge is -2.01. The van der Waals surface area contributed by atoms with Crippen LogP contribution in [0.4, 0.5) is 5.13 Å². The van der Waals surface area contributed by atoms with E-state index in [4.69, 9.17) is 11.6 Å². The first-order valence-corrected chi connectivity index (χ1v) is 7.84. The second-order valence-electron chi connectivity index (χ2n) is 4.64. The molecule has 2 aromatic carbocycles. The smallest absolute Gasteiger partial charge is 0.205 e. The summed E-state index contributed by atoms with van der Waals surface area (Å²) in [6.07, 6.45) is 0.780. The predicted molar refractivity (Wildman–Crippen MR) is 87.9 cm³/mol. The lowest BCUT2D eigenvalue weighted by Crippen LogP contribution is -1.98. The minimum Gasteiger partial charge on any atom is -0.356 e. The van der Waals surface area contributed by atoms with Gasteiger partial charge in [0.1, 0.15) is 5.01 Å². The Kier molecular flexibility index (Phi) is 4.48. The van der Waals surface area contributed by atoms with E-state index in [0.29, 0.717) is 0 Å². The molecule has 1 aromatic heterocycles. The zero-order valence-corrected chi connectivity index (χ0v) is 12.9. The van der Waals surface area contributed by atoms with E-state index >= 15 is 0 Å². The number of nitrogens with one attached hydrogen (secondary N) is 1. The molecule has 0 spiro atoms. The molecule has 1 heterocycles. The Morgan fingerprint density at radius 3 is 2.43 bits per heavy atom. The Morgan fingerprint density at radius 1 is 0.905 bits per heavy atom. The van der Waals surface area contributed by atoms with Gasteiger partial charge in [0.2, 0.25) is 5.13 Å². The van der Waals surface area contributed by atoms with Crippen LogP contribution in [0.25, 0.3) is 0 Å². The number of aromatic nitrogens is 2. The fraction of sp³-hybridized carbons (Fsp3) is 0.125. The highest BCUT2D eigenvalue weighted by Gasteiger charge is 2.05. The summed E-state index contributed by atoms with van der Waals surface area (Å²) >= 11 is 7.47. The molecule has 21 heavy (non-hydrogen) atoms. The van der Waals surface area contributed by atoms with Gasteiger partial charge >= 0.3 is 0 Å². The lowest BCUT2D eigenvalue weighted by atomic mass is 10.2. The summed E-state index contributed by atoms with van der Waals surface area (Å²) in [4.78, 5) is 0. The summed E-state index contributed by atoms with van der Waals surface area (Å²) in [6.45, 7) is 0.760. The average Bonchev–Trinajstić information content (AvgIpc) is 2.96. The average molecular weight is 316 g/mol. The van der Waals surface area contributed by atoms with E-state index in [1.807, 2.05) is 42.5 Å². The Labute approximate surface area is 132 Å². The van der Waals surface area contributed by atoms with Crippen LogP contribution < -0.4 is 5.32 Å². The first-order chi connectivity index (χ1) is 10.3. The number of anilines is 1. The molecule has 5 heteroatoms. The second kappa shape index (κ2) is 6.70. The first kappa shape index (κ1) is 14.0. The second-order valence-corrected chi connectivity index (χ2v) is 6.14. The summed E-state index contributed by atoms with van der Waals surface area (Å²) in [5, 5.41) is 14.3. The molecule has 0 atom stereocenters. The minimum atomic E-state index is 0.751. The molecule has 106 valence electrons. The molecular formula is C16H14ClN3S. The van der Waals surface area contributed by atoms with Gasteiger partial charge in [-0.05, 0) is 23.3 Å². The van der Waals surface area contributed by atoms with Gasteiger partial charge in [-0.1, -0.05) is 65.4 Å². The van der Waals surface area contributed by atoms with Crippen LogP contribution in [0.5, 0.6) is 0 Å². The van der Waals surface area contributed by atoms with Crippen LogP contribution in [0.2, 0.25) is 5.02 Å². The molecule has 0 fully saturated rings. The number of rotatable bonds is 5. The van der Waals surface area contributed by atoms with Gasteiger partial charge in [0.15, 0.2) is 0 Å². The maximum Gasteiger partial charge on any atom is 0.205 e. The molecule has 3 aromatic rings. The summed E-state index contributed by atoms with van der Waals surface area (Å²) in [5.74, 6) is 0. The van der Waals surface area contributed by atoms with Crippen molar-refractivity contribution in [3.63, 3.8) is 0 Å². The fourth-order valence-corrected chi connectivity index (χ4v) is 2.84. The maximum absolute atomic E-state index is 5.88. The van der Waals surface area contributed by atoms with Crippen LogP contribution in [-0.4, -0.2) is 10.2 Å². The third-order valence-corrected chi connectivity index (χ3v) is 4.15. The lowest BCUT2D eigenvalue weighted by molar-refractivity contribution is 0.991. The van der Waals surface area contributed by atoms with E-state index in [2.05, 4.69) is 27.6 Å². The Bertz CT molecular complexity index is 695. The fourth-order valence-electron chi connectivity index (χ4n) is 1.95. The van der Waals surface area contributed by atoms with E-state index in [1.165, 1.54) is 11.1 Å². The maximum atomic E-state index is 5.88. The molecule has 0 aliphatic carbocycles. The molecule has 0 saturated heterocycles. The van der Waals surface area contributed by atoms with E-state index in [9.17, 15) is 0 Å². The number of nitrogens with zero attached hydrogens (tertiary/aromatic N) is 2. The van der Waals surface area contributed by atoms with Crippen LogP contribution in [-0.2, 0) is 13.0 Å².